The van der Waals surface area contributed by atoms with Crippen LogP contribution in [0.25, 0.3) is 22.2 Å². The number of nitrogens with zero attached hydrogens (tertiary/aromatic N) is 2. The Hall–Kier alpha value is -4.72. The van der Waals surface area contributed by atoms with Gasteiger partial charge in [-0.25, -0.2) is 0 Å². The molecule has 1 aliphatic rings. The van der Waals surface area contributed by atoms with Gasteiger partial charge in [-0.1, -0.05) is 12.1 Å². The maximum atomic E-state index is 13.7. The minimum absolute atomic E-state index is 0.0993. The molecule has 1 atom stereocenters. The van der Waals surface area contributed by atoms with Gasteiger partial charge in [-0.2, -0.15) is 5.10 Å². The lowest BCUT2D eigenvalue weighted by Gasteiger charge is -2.26. The van der Waals surface area contributed by atoms with Crippen molar-refractivity contribution in [2.45, 2.75) is 12.5 Å². The number of phenols is 1. The first-order valence-electron chi connectivity index (χ1n) is 12.0. The van der Waals surface area contributed by atoms with Gasteiger partial charge in [0.1, 0.15) is 22.9 Å². The van der Waals surface area contributed by atoms with E-state index in [0.717, 1.165) is 50.3 Å². The molecule has 2 aromatic heterocycles. The summed E-state index contributed by atoms with van der Waals surface area (Å²) in [6.45, 7) is 0.499. The van der Waals surface area contributed by atoms with Crippen LogP contribution in [0.3, 0.4) is 0 Å². The highest BCUT2D eigenvalue weighted by Gasteiger charge is 2.42. The summed E-state index contributed by atoms with van der Waals surface area (Å²) in [6, 6.07) is 20.2. The zero-order valence-corrected chi connectivity index (χ0v) is 20.5. The van der Waals surface area contributed by atoms with Crippen LogP contribution in [-0.2, 0) is 6.42 Å². The van der Waals surface area contributed by atoms with Crippen LogP contribution in [0.5, 0.6) is 17.2 Å². The number of nitrogens with one attached hydrogen (secondary N) is 2. The third kappa shape index (κ3) is 3.87. The second-order valence-corrected chi connectivity index (χ2v) is 9.06. The Balaban J connectivity index is 1.38. The van der Waals surface area contributed by atoms with E-state index in [2.05, 4.69) is 15.2 Å². The largest absolute Gasteiger partial charge is 0.508 e. The average molecular weight is 495 g/mol. The number of aromatic nitrogens is 3. The van der Waals surface area contributed by atoms with Crippen LogP contribution < -0.4 is 9.47 Å². The Kier molecular flexibility index (Phi) is 5.56. The quantitative estimate of drug-likeness (QED) is 0.293. The van der Waals surface area contributed by atoms with Crippen molar-refractivity contribution in [3.8, 4) is 28.5 Å². The molecule has 3 aromatic carbocycles. The van der Waals surface area contributed by atoms with Crippen LogP contribution in [0.4, 0.5) is 0 Å². The van der Waals surface area contributed by atoms with E-state index in [9.17, 15) is 9.90 Å². The fourth-order valence-electron chi connectivity index (χ4n) is 5.13. The van der Waals surface area contributed by atoms with E-state index in [1.54, 1.807) is 26.4 Å². The van der Waals surface area contributed by atoms with Crippen molar-refractivity contribution in [2.75, 3.05) is 20.8 Å². The lowest BCUT2D eigenvalue weighted by atomic mass is 9.95. The van der Waals surface area contributed by atoms with Crippen LogP contribution in [0.2, 0.25) is 0 Å². The molecule has 0 fully saturated rings. The number of rotatable bonds is 7. The Morgan fingerprint density at radius 2 is 1.70 bits per heavy atom. The van der Waals surface area contributed by atoms with Gasteiger partial charge in [0.25, 0.3) is 5.91 Å². The minimum Gasteiger partial charge on any atom is -0.508 e. The SMILES string of the molecule is COc1ccc(-c2n[nH]c3c2C(c2ccc(O)cc2)N(CCc2c[nH]c4ccc(OC)cc24)C3=O)cc1. The van der Waals surface area contributed by atoms with E-state index < -0.39 is 0 Å². The Morgan fingerprint density at radius 3 is 2.43 bits per heavy atom. The van der Waals surface area contributed by atoms with Gasteiger partial charge in [0.2, 0.25) is 0 Å². The molecule has 8 heteroatoms. The molecule has 186 valence electrons. The van der Waals surface area contributed by atoms with Crippen LogP contribution >= 0.6 is 0 Å². The van der Waals surface area contributed by atoms with Crippen LogP contribution in [-0.4, -0.2) is 51.9 Å². The number of H-pyrrole nitrogens is 2. The van der Waals surface area contributed by atoms with E-state index >= 15 is 0 Å². The molecule has 0 bridgehead atoms. The second kappa shape index (κ2) is 9.05. The van der Waals surface area contributed by atoms with E-state index in [-0.39, 0.29) is 17.7 Å². The van der Waals surface area contributed by atoms with Crippen LogP contribution in [0, 0.1) is 0 Å². The number of aromatic amines is 2. The highest BCUT2D eigenvalue weighted by molar-refractivity contribution is 6.00. The van der Waals surface area contributed by atoms with Crippen molar-refractivity contribution in [3.63, 3.8) is 0 Å². The molecule has 0 radical (unpaired) electrons. The van der Waals surface area contributed by atoms with E-state index in [4.69, 9.17) is 9.47 Å². The summed E-state index contributed by atoms with van der Waals surface area (Å²) in [7, 11) is 3.28. The summed E-state index contributed by atoms with van der Waals surface area (Å²) < 4.78 is 10.7. The lowest BCUT2D eigenvalue weighted by molar-refractivity contribution is 0.0746. The summed E-state index contributed by atoms with van der Waals surface area (Å²) >= 11 is 0. The van der Waals surface area contributed by atoms with E-state index in [0.29, 0.717) is 18.7 Å². The third-order valence-electron chi connectivity index (χ3n) is 7.03. The number of hydrogen-bond acceptors (Lipinski definition) is 5. The average Bonchev–Trinajstić information content (AvgIpc) is 3.62. The van der Waals surface area contributed by atoms with Gasteiger partial charge in [0.05, 0.1) is 26.0 Å². The van der Waals surface area contributed by atoms with Crippen molar-refractivity contribution in [1.29, 1.82) is 0 Å². The van der Waals surface area contributed by atoms with Gasteiger partial charge >= 0.3 is 0 Å². The highest BCUT2D eigenvalue weighted by Crippen LogP contribution is 2.43. The summed E-state index contributed by atoms with van der Waals surface area (Å²) in [5.74, 6) is 1.62. The monoisotopic (exact) mass is 494 g/mol. The van der Waals surface area contributed by atoms with E-state index in [1.165, 1.54) is 0 Å². The molecule has 0 aliphatic carbocycles. The number of phenolic OH excluding ortho intramolecular Hbond substituents is 1. The summed E-state index contributed by atoms with van der Waals surface area (Å²) in [4.78, 5) is 18.9. The smallest absolute Gasteiger partial charge is 0.273 e. The number of carbonyl (C=O) groups excluding carboxylic acids is 1. The van der Waals surface area contributed by atoms with Crippen LogP contribution in [0.1, 0.15) is 33.2 Å². The van der Waals surface area contributed by atoms with Gasteiger partial charge in [-0.3, -0.25) is 9.89 Å². The molecular formula is C29H26N4O4. The Morgan fingerprint density at radius 1 is 0.973 bits per heavy atom. The van der Waals surface area contributed by atoms with Gasteiger partial charge in [0, 0.05) is 34.8 Å². The van der Waals surface area contributed by atoms with E-state index in [1.807, 2.05) is 65.7 Å². The molecule has 0 saturated heterocycles. The molecule has 6 rings (SSSR count). The summed E-state index contributed by atoms with van der Waals surface area (Å²) in [5, 5.41) is 18.5. The number of amides is 1. The molecule has 1 aliphatic heterocycles. The first-order valence-corrected chi connectivity index (χ1v) is 12.0. The molecule has 0 spiro atoms. The fraction of sp³-hybridized carbons (Fsp3) is 0.172. The van der Waals surface area contributed by atoms with Crippen LogP contribution in [0.15, 0.2) is 72.9 Å². The maximum absolute atomic E-state index is 13.7. The molecule has 3 heterocycles. The standard InChI is InChI=1S/C29H26N4O4/c1-36-21-9-5-17(6-10-21)26-25-27(32-31-26)29(35)33(28(25)18-3-7-20(34)8-4-18)14-13-19-16-30-24-12-11-22(37-2)15-23(19)24/h3-12,15-16,28,30,34H,13-14H2,1-2H3,(H,31,32). The topological polar surface area (TPSA) is 103 Å². The Bertz CT molecular complexity index is 1590. The molecule has 37 heavy (non-hydrogen) atoms. The normalized spacial score (nSPS) is 14.8. The first kappa shape index (κ1) is 22.7. The van der Waals surface area contributed by atoms with Crippen molar-refractivity contribution in [3.05, 3.63) is 95.3 Å². The van der Waals surface area contributed by atoms with Gasteiger partial charge in [-0.05, 0) is 72.1 Å². The zero-order chi connectivity index (χ0) is 25.5. The van der Waals surface area contributed by atoms with Gasteiger partial charge in [0.15, 0.2) is 0 Å². The maximum Gasteiger partial charge on any atom is 0.273 e. The molecule has 1 amide bonds. The predicted octanol–water partition coefficient (Wildman–Crippen LogP) is 5.07. The van der Waals surface area contributed by atoms with Crippen molar-refractivity contribution >= 4 is 16.8 Å². The molecular weight excluding hydrogens is 468 g/mol. The molecule has 1 unspecified atom stereocenters. The van der Waals surface area contributed by atoms with Gasteiger partial charge in [-0.15, -0.1) is 0 Å². The molecule has 8 nitrogen and oxygen atoms in total. The fourth-order valence-corrected chi connectivity index (χ4v) is 5.13. The van der Waals surface area contributed by atoms with Crippen molar-refractivity contribution in [1.82, 2.24) is 20.1 Å². The predicted molar refractivity (Wildman–Crippen MR) is 140 cm³/mol. The lowest BCUT2D eigenvalue weighted by Crippen LogP contribution is -2.31. The molecule has 0 saturated carbocycles. The molecule has 3 N–H and O–H groups in total. The highest BCUT2D eigenvalue weighted by atomic mass is 16.5. The number of methoxy groups -OCH3 is 2. The zero-order valence-electron chi connectivity index (χ0n) is 20.5. The second-order valence-electron chi connectivity index (χ2n) is 9.06. The van der Waals surface area contributed by atoms with Crippen molar-refractivity contribution in [2.24, 2.45) is 0 Å². The number of benzene rings is 3. The first-order chi connectivity index (χ1) is 18.1. The minimum atomic E-state index is -0.348. The third-order valence-corrected chi connectivity index (χ3v) is 7.03. The number of ether oxygens (including phenoxy) is 2. The number of hydrogen-bond donors (Lipinski definition) is 3. The summed E-state index contributed by atoms with van der Waals surface area (Å²) in [6.07, 6.45) is 2.65. The number of fused-ring (bicyclic) bond motifs is 2. The number of carbonyl (C=O) groups is 1. The van der Waals surface area contributed by atoms with Crippen molar-refractivity contribution < 1.29 is 19.4 Å². The van der Waals surface area contributed by atoms with Gasteiger partial charge < -0.3 is 24.5 Å². The number of aromatic hydroxyl groups is 1. The Labute approximate surface area is 213 Å². The summed E-state index contributed by atoms with van der Waals surface area (Å²) in [5.41, 5.74) is 5.97. The molecule has 5 aromatic rings.